The van der Waals surface area contributed by atoms with Crippen LogP contribution in [0.1, 0.15) is 43.7 Å². The largest absolute Gasteiger partial charge is 0.467 e. The molecule has 136 valence electrons. The van der Waals surface area contributed by atoms with Crippen LogP contribution in [0.3, 0.4) is 0 Å². The van der Waals surface area contributed by atoms with E-state index in [4.69, 9.17) is 4.74 Å². The number of likely N-dealkylation sites (N-methyl/N-ethyl adjacent to an activating group) is 1. The molecule has 0 N–H and O–H groups in total. The number of nitrogens with zero attached hydrogens (tertiary/aromatic N) is 1. The number of benzene rings is 2. The molecule has 1 atom stereocenters. The number of fused-ring (bicyclic) bond motifs is 2. The third-order valence-electron chi connectivity index (χ3n) is 5.46. The summed E-state index contributed by atoms with van der Waals surface area (Å²) in [4.78, 5) is 2.50. The molecule has 26 heavy (non-hydrogen) atoms. The highest BCUT2D eigenvalue weighted by atomic mass is 79.9. The molecule has 1 unspecified atom stereocenters. The van der Waals surface area contributed by atoms with Crippen LogP contribution in [-0.2, 0) is 6.54 Å². The minimum atomic E-state index is -0.327. The molecular formula is C22H23Br2NO. The fourth-order valence-corrected chi connectivity index (χ4v) is 5.55. The Morgan fingerprint density at radius 3 is 2.69 bits per heavy atom. The molecule has 2 nitrogen and oxygen atoms in total. The maximum absolute atomic E-state index is 6.82. The topological polar surface area (TPSA) is 12.5 Å². The molecule has 1 fully saturated rings. The van der Waals surface area contributed by atoms with Crippen molar-refractivity contribution in [2.24, 2.45) is 0 Å². The standard InChI is InChI=1S/C22H23Br2NO/c1-2-25(15-16-8-4-3-5-9-16)22-11-7-6-10-18(22)12-17-13-19(23)14-20(24)21(17)26-22/h3-5,8-9,12-14H,2,6-7,10-11,15H2,1H3. The van der Waals surface area contributed by atoms with Crippen LogP contribution < -0.4 is 4.74 Å². The molecule has 0 spiro atoms. The lowest BCUT2D eigenvalue weighted by atomic mass is 9.82. The highest BCUT2D eigenvalue weighted by molar-refractivity contribution is 9.11. The monoisotopic (exact) mass is 475 g/mol. The molecule has 2 aromatic carbocycles. The van der Waals surface area contributed by atoms with Gasteiger partial charge in [-0.25, -0.2) is 0 Å². The predicted octanol–water partition coefficient (Wildman–Crippen LogP) is 6.78. The molecule has 2 aromatic rings. The van der Waals surface area contributed by atoms with Gasteiger partial charge in [0.05, 0.1) is 4.47 Å². The summed E-state index contributed by atoms with van der Waals surface area (Å²) in [6.45, 7) is 4.09. The fourth-order valence-electron chi connectivity index (χ4n) is 4.21. The summed E-state index contributed by atoms with van der Waals surface area (Å²) in [6.07, 6.45) is 6.95. The molecule has 0 aromatic heterocycles. The zero-order chi connectivity index (χ0) is 18.1. The van der Waals surface area contributed by atoms with Crippen molar-refractivity contribution in [1.29, 1.82) is 0 Å². The van der Waals surface area contributed by atoms with Crippen molar-refractivity contribution >= 4 is 37.9 Å². The van der Waals surface area contributed by atoms with Gasteiger partial charge in [0.1, 0.15) is 5.75 Å². The maximum atomic E-state index is 6.82. The van der Waals surface area contributed by atoms with Gasteiger partial charge in [-0.3, -0.25) is 4.90 Å². The summed E-state index contributed by atoms with van der Waals surface area (Å²) in [7, 11) is 0. The Morgan fingerprint density at radius 2 is 1.92 bits per heavy atom. The second-order valence-corrected chi connectivity index (χ2v) is 8.84. The SMILES string of the molecule is CCN(Cc1ccccc1)C12CCCCC1=Cc1cc(Br)cc(Br)c1O2. The molecule has 0 bridgehead atoms. The van der Waals surface area contributed by atoms with E-state index in [9.17, 15) is 0 Å². The Balaban J connectivity index is 1.76. The lowest BCUT2D eigenvalue weighted by molar-refractivity contribution is -0.0771. The summed E-state index contributed by atoms with van der Waals surface area (Å²) in [5.41, 5.74) is 3.58. The molecular weight excluding hydrogens is 454 g/mol. The molecule has 0 radical (unpaired) electrons. The Labute approximate surface area is 172 Å². The fraction of sp³-hybridized carbons (Fsp3) is 0.364. The molecule has 0 saturated heterocycles. The van der Waals surface area contributed by atoms with E-state index >= 15 is 0 Å². The van der Waals surface area contributed by atoms with Crippen LogP contribution >= 0.6 is 31.9 Å². The average molecular weight is 477 g/mol. The Bertz CT molecular complexity index is 834. The van der Waals surface area contributed by atoms with Crippen LogP contribution in [0.2, 0.25) is 0 Å². The molecule has 1 aliphatic carbocycles. The van der Waals surface area contributed by atoms with Crippen LogP contribution in [-0.4, -0.2) is 17.2 Å². The first-order valence-electron chi connectivity index (χ1n) is 9.30. The van der Waals surface area contributed by atoms with E-state index < -0.39 is 0 Å². The number of hydrogen-bond donors (Lipinski definition) is 0. The smallest absolute Gasteiger partial charge is 0.186 e. The first-order chi connectivity index (χ1) is 12.6. The second-order valence-electron chi connectivity index (χ2n) is 7.07. The van der Waals surface area contributed by atoms with Gasteiger partial charge in [-0.05, 0) is 71.1 Å². The van der Waals surface area contributed by atoms with Gasteiger partial charge in [-0.2, -0.15) is 0 Å². The molecule has 4 heteroatoms. The highest BCUT2D eigenvalue weighted by Gasteiger charge is 2.46. The van der Waals surface area contributed by atoms with E-state index in [-0.39, 0.29) is 5.72 Å². The second kappa shape index (κ2) is 7.49. The maximum Gasteiger partial charge on any atom is 0.186 e. The van der Waals surface area contributed by atoms with Gasteiger partial charge in [0.25, 0.3) is 0 Å². The highest BCUT2D eigenvalue weighted by Crippen LogP contribution is 2.48. The van der Waals surface area contributed by atoms with E-state index in [2.05, 4.69) is 92.2 Å². The summed E-state index contributed by atoms with van der Waals surface area (Å²) in [5.74, 6) is 0.963. The normalized spacial score (nSPS) is 21.6. The number of ether oxygens (including phenoxy) is 1. The van der Waals surface area contributed by atoms with Gasteiger partial charge in [0, 0.05) is 23.0 Å². The Hall–Kier alpha value is -1.10. The average Bonchev–Trinajstić information content (AvgIpc) is 2.65. The molecule has 4 rings (SSSR count). The van der Waals surface area contributed by atoms with E-state index in [0.29, 0.717) is 0 Å². The van der Waals surface area contributed by atoms with Crippen molar-refractivity contribution in [3.63, 3.8) is 0 Å². The van der Waals surface area contributed by atoms with Crippen LogP contribution in [0.4, 0.5) is 0 Å². The zero-order valence-electron chi connectivity index (χ0n) is 15.0. The number of halogens is 2. The van der Waals surface area contributed by atoms with E-state index in [1.54, 1.807) is 0 Å². The first-order valence-corrected chi connectivity index (χ1v) is 10.9. The van der Waals surface area contributed by atoms with Crippen LogP contribution in [0, 0.1) is 0 Å². The molecule has 0 amide bonds. The first kappa shape index (κ1) is 18.3. The minimum absolute atomic E-state index is 0.327. The van der Waals surface area contributed by atoms with Crippen molar-refractivity contribution in [3.05, 3.63) is 68.1 Å². The minimum Gasteiger partial charge on any atom is -0.467 e. The van der Waals surface area contributed by atoms with Gasteiger partial charge in [-0.15, -0.1) is 0 Å². The zero-order valence-corrected chi connectivity index (χ0v) is 18.1. The van der Waals surface area contributed by atoms with Crippen LogP contribution in [0.5, 0.6) is 5.75 Å². The van der Waals surface area contributed by atoms with Gasteiger partial charge < -0.3 is 4.74 Å². The van der Waals surface area contributed by atoms with Gasteiger partial charge in [0.15, 0.2) is 5.72 Å². The number of hydrogen-bond acceptors (Lipinski definition) is 2. The van der Waals surface area contributed by atoms with Crippen molar-refractivity contribution in [1.82, 2.24) is 4.90 Å². The molecule has 1 heterocycles. The lowest BCUT2D eigenvalue weighted by Crippen LogP contribution is -2.56. The summed E-state index contributed by atoms with van der Waals surface area (Å²) >= 11 is 7.31. The van der Waals surface area contributed by atoms with E-state index in [0.717, 1.165) is 46.2 Å². The summed E-state index contributed by atoms with van der Waals surface area (Å²) in [6, 6.07) is 14.9. The van der Waals surface area contributed by atoms with Crippen molar-refractivity contribution in [2.45, 2.75) is 44.9 Å². The number of rotatable bonds is 4. The van der Waals surface area contributed by atoms with E-state index in [1.807, 2.05) is 0 Å². The Morgan fingerprint density at radius 1 is 1.12 bits per heavy atom. The summed E-state index contributed by atoms with van der Waals surface area (Å²) < 4.78 is 8.91. The van der Waals surface area contributed by atoms with Gasteiger partial charge in [-0.1, -0.05) is 53.2 Å². The van der Waals surface area contributed by atoms with Crippen molar-refractivity contribution < 1.29 is 4.74 Å². The van der Waals surface area contributed by atoms with Crippen molar-refractivity contribution in [3.8, 4) is 5.75 Å². The van der Waals surface area contributed by atoms with Crippen LogP contribution in [0.15, 0.2) is 57.0 Å². The third kappa shape index (κ3) is 3.28. The molecule has 1 aliphatic heterocycles. The molecule has 1 saturated carbocycles. The summed E-state index contributed by atoms with van der Waals surface area (Å²) in [5, 5.41) is 0. The van der Waals surface area contributed by atoms with Crippen LogP contribution in [0.25, 0.3) is 6.08 Å². The quantitative estimate of drug-likeness (QED) is 0.482. The lowest BCUT2D eigenvalue weighted by Gasteiger charge is -2.49. The van der Waals surface area contributed by atoms with Crippen molar-refractivity contribution in [2.75, 3.05) is 6.54 Å². The Kier molecular flexibility index (Phi) is 5.27. The van der Waals surface area contributed by atoms with Gasteiger partial charge in [0.2, 0.25) is 0 Å². The predicted molar refractivity (Wildman–Crippen MR) is 114 cm³/mol. The van der Waals surface area contributed by atoms with E-state index in [1.165, 1.54) is 24.0 Å². The van der Waals surface area contributed by atoms with Gasteiger partial charge >= 0.3 is 0 Å². The molecule has 2 aliphatic rings. The third-order valence-corrected chi connectivity index (χ3v) is 6.51.